The molecular weight excluding hydrogens is 244 g/mol. The Kier molecular flexibility index (Phi) is 2.29. The maximum Gasteiger partial charge on any atom is 0.172 e. The van der Waals surface area contributed by atoms with E-state index in [4.69, 9.17) is 10.3 Å². The Hall–Kier alpha value is -1.29. The fourth-order valence-corrected chi connectivity index (χ4v) is 1.65. The summed E-state index contributed by atoms with van der Waals surface area (Å²) in [4.78, 5) is 0. The van der Waals surface area contributed by atoms with Crippen LogP contribution in [0.5, 0.6) is 0 Å². The molecule has 0 radical (unpaired) electrons. The van der Waals surface area contributed by atoms with E-state index in [2.05, 4.69) is 21.1 Å². The molecule has 2 N–H and O–H groups in total. The van der Waals surface area contributed by atoms with Crippen molar-refractivity contribution in [3.63, 3.8) is 0 Å². The predicted octanol–water partition coefficient (Wildman–Crippen LogP) is 2.99. The van der Waals surface area contributed by atoms with Gasteiger partial charge in [0.25, 0.3) is 0 Å². The maximum atomic E-state index is 5.60. The number of nitrogens with zero attached hydrogens (tertiary/aromatic N) is 1. The first-order valence-electron chi connectivity index (χ1n) is 4.16. The lowest BCUT2D eigenvalue weighted by atomic mass is 10.1. The van der Waals surface area contributed by atoms with E-state index in [9.17, 15) is 0 Å². The normalized spacial score (nSPS) is 10.4. The lowest BCUT2D eigenvalue weighted by Crippen LogP contribution is -1.86. The van der Waals surface area contributed by atoms with Crippen molar-refractivity contribution in [2.45, 2.75) is 6.92 Å². The number of hydrogen-bond donors (Lipinski definition) is 1. The highest BCUT2D eigenvalue weighted by atomic mass is 79.9. The van der Waals surface area contributed by atoms with E-state index >= 15 is 0 Å². The van der Waals surface area contributed by atoms with Gasteiger partial charge in [-0.1, -0.05) is 33.2 Å². The maximum absolute atomic E-state index is 5.60. The third-order valence-electron chi connectivity index (χ3n) is 2.05. The van der Waals surface area contributed by atoms with Crippen molar-refractivity contribution in [1.82, 2.24) is 5.16 Å². The number of halogens is 1. The zero-order valence-corrected chi connectivity index (χ0v) is 9.21. The van der Waals surface area contributed by atoms with Gasteiger partial charge in [-0.25, -0.2) is 0 Å². The molecule has 14 heavy (non-hydrogen) atoms. The lowest BCUT2D eigenvalue weighted by molar-refractivity contribution is 0.435. The Labute approximate surface area is 90.0 Å². The van der Waals surface area contributed by atoms with E-state index in [0.29, 0.717) is 5.82 Å². The quantitative estimate of drug-likeness (QED) is 0.849. The minimum Gasteiger partial charge on any atom is -0.381 e. The summed E-state index contributed by atoms with van der Waals surface area (Å²) < 4.78 is 6.14. The van der Waals surface area contributed by atoms with Gasteiger partial charge in [-0.3, -0.25) is 0 Å². The standard InChI is InChI=1S/C10H9BrN2O/c1-6-9(14-13-10(6)12)7-3-2-4-8(11)5-7/h2-5H,1H3,(H2,12,13). The summed E-state index contributed by atoms with van der Waals surface area (Å²) in [5.41, 5.74) is 7.45. The first kappa shape index (κ1) is 9.27. The molecule has 0 saturated carbocycles. The molecule has 0 unspecified atom stereocenters. The molecule has 0 atom stereocenters. The number of hydrogen-bond acceptors (Lipinski definition) is 3. The van der Waals surface area contributed by atoms with Crippen LogP contribution in [0.3, 0.4) is 0 Å². The first-order chi connectivity index (χ1) is 6.68. The van der Waals surface area contributed by atoms with Crippen LogP contribution in [-0.2, 0) is 0 Å². The van der Waals surface area contributed by atoms with Crippen molar-refractivity contribution >= 4 is 21.7 Å². The zero-order valence-electron chi connectivity index (χ0n) is 7.62. The Morgan fingerprint density at radius 1 is 1.43 bits per heavy atom. The molecule has 0 saturated heterocycles. The van der Waals surface area contributed by atoms with E-state index in [1.807, 2.05) is 31.2 Å². The average molecular weight is 253 g/mol. The summed E-state index contributed by atoms with van der Waals surface area (Å²) in [6.07, 6.45) is 0. The van der Waals surface area contributed by atoms with Gasteiger partial charge in [-0.2, -0.15) is 0 Å². The van der Waals surface area contributed by atoms with Gasteiger partial charge in [-0.05, 0) is 19.1 Å². The van der Waals surface area contributed by atoms with Crippen LogP contribution in [0.15, 0.2) is 33.3 Å². The summed E-state index contributed by atoms with van der Waals surface area (Å²) >= 11 is 3.40. The van der Waals surface area contributed by atoms with E-state index in [1.54, 1.807) is 0 Å². The van der Waals surface area contributed by atoms with Gasteiger partial charge in [0.05, 0.1) is 0 Å². The van der Waals surface area contributed by atoms with E-state index in [0.717, 1.165) is 21.4 Å². The van der Waals surface area contributed by atoms with Crippen molar-refractivity contribution in [3.05, 3.63) is 34.3 Å². The van der Waals surface area contributed by atoms with Crippen LogP contribution in [0.4, 0.5) is 5.82 Å². The highest BCUT2D eigenvalue weighted by Crippen LogP contribution is 2.28. The Morgan fingerprint density at radius 3 is 2.79 bits per heavy atom. The van der Waals surface area contributed by atoms with Crippen LogP contribution >= 0.6 is 15.9 Å². The largest absolute Gasteiger partial charge is 0.381 e. The van der Waals surface area contributed by atoms with Gasteiger partial charge in [0.1, 0.15) is 0 Å². The molecule has 0 aliphatic rings. The molecule has 1 heterocycles. The molecule has 2 rings (SSSR count). The molecule has 0 spiro atoms. The van der Waals surface area contributed by atoms with Crippen LogP contribution in [0.1, 0.15) is 5.56 Å². The summed E-state index contributed by atoms with van der Waals surface area (Å²) in [6, 6.07) is 7.82. The molecule has 0 bridgehead atoms. The molecule has 1 aromatic heterocycles. The molecule has 4 heteroatoms. The molecule has 0 fully saturated rings. The number of aromatic nitrogens is 1. The molecular formula is C10H9BrN2O. The molecule has 72 valence electrons. The van der Waals surface area contributed by atoms with Crippen LogP contribution in [0.25, 0.3) is 11.3 Å². The number of nitrogen functional groups attached to an aromatic ring is 1. The topological polar surface area (TPSA) is 52.0 Å². The molecule has 0 amide bonds. The van der Waals surface area contributed by atoms with Crippen molar-refractivity contribution in [1.29, 1.82) is 0 Å². The average Bonchev–Trinajstić information content (AvgIpc) is 2.48. The van der Waals surface area contributed by atoms with Crippen LogP contribution in [0.2, 0.25) is 0 Å². The monoisotopic (exact) mass is 252 g/mol. The highest BCUT2D eigenvalue weighted by Gasteiger charge is 2.10. The number of anilines is 1. The van der Waals surface area contributed by atoms with Gasteiger partial charge < -0.3 is 10.3 Å². The third-order valence-corrected chi connectivity index (χ3v) is 2.54. The second kappa shape index (κ2) is 3.46. The Bertz CT molecular complexity index is 465. The Balaban J connectivity index is 2.55. The summed E-state index contributed by atoms with van der Waals surface area (Å²) in [5, 5.41) is 3.71. The van der Waals surface area contributed by atoms with Gasteiger partial charge in [0, 0.05) is 15.6 Å². The summed E-state index contributed by atoms with van der Waals surface area (Å²) in [5.74, 6) is 1.17. The minimum absolute atomic E-state index is 0.444. The molecule has 3 nitrogen and oxygen atoms in total. The zero-order chi connectivity index (χ0) is 10.1. The van der Waals surface area contributed by atoms with Crippen molar-refractivity contribution in [2.24, 2.45) is 0 Å². The smallest absolute Gasteiger partial charge is 0.172 e. The fourth-order valence-electron chi connectivity index (χ4n) is 1.25. The Morgan fingerprint density at radius 2 is 2.21 bits per heavy atom. The lowest BCUT2D eigenvalue weighted by Gasteiger charge is -1.97. The van der Waals surface area contributed by atoms with Crippen LogP contribution in [-0.4, -0.2) is 5.16 Å². The van der Waals surface area contributed by atoms with Crippen LogP contribution < -0.4 is 5.73 Å². The van der Waals surface area contributed by atoms with Gasteiger partial charge >= 0.3 is 0 Å². The molecule has 2 aromatic rings. The second-order valence-electron chi connectivity index (χ2n) is 3.03. The SMILES string of the molecule is Cc1c(N)noc1-c1cccc(Br)c1. The number of nitrogens with two attached hydrogens (primary N) is 1. The molecule has 0 aliphatic carbocycles. The van der Waals surface area contributed by atoms with Gasteiger partial charge in [0.15, 0.2) is 11.6 Å². The number of rotatable bonds is 1. The van der Waals surface area contributed by atoms with Crippen molar-refractivity contribution in [3.8, 4) is 11.3 Å². The molecule has 0 aliphatic heterocycles. The number of benzene rings is 1. The van der Waals surface area contributed by atoms with E-state index in [1.165, 1.54) is 0 Å². The van der Waals surface area contributed by atoms with Gasteiger partial charge in [0.2, 0.25) is 0 Å². The summed E-state index contributed by atoms with van der Waals surface area (Å²) in [7, 11) is 0. The fraction of sp³-hybridized carbons (Fsp3) is 0.100. The first-order valence-corrected chi connectivity index (χ1v) is 4.95. The summed E-state index contributed by atoms with van der Waals surface area (Å²) in [6.45, 7) is 1.89. The van der Waals surface area contributed by atoms with E-state index < -0.39 is 0 Å². The minimum atomic E-state index is 0.444. The third kappa shape index (κ3) is 1.53. The van der Waals surface area contributed by atoms with Gasteiger partial charge in [-0.15, -0.1) is 0 Å². The highest BCUT2D eigenvalue weighted by molar-refractivity contribution is 9.10. The van der Waals surface area contributed by atoms with Crippen molar-refractivity contribution < 1.29 is 4.52 Å². The van der Waals surface area contributed by atoms with Crippen molar-refractivity contribution in [2.75, 3.05) is 5.73 Å². The van der Waals surface area contributed by atoms with E-state index in [-0.39, 0.29) is 0 Å². The predicted molar refractivity (Wildman–Crippen MR) is 58.8 cm³/mol. The van der Waals surface area contributed by atoms with Crippen LogP contribution in [0, 0.1) is 6.92 Å². The molecule has 1 aromatic carbocycles. The second-order valence-corrected chi connectivity index (χ2v) is 3.95.